The van der Waals surface area contributed by atoms with Crippen LogP contribution in [0.4, 0.5) is 0 Å². The molecular weight excluding hydrogens is 130 g/mol. The zero-order chi connectivity index (χ0) is 6.91. The number of aliphatic imine (C=N–C) groups is 1. The lowest BCUT2D eigenvalue weighted by atomic mass is 9.88. The van der Waals surface area contributed by atoms with Gasteiger partial charge in [-0.3, -0.25) is 4.99 Å². The molecule has 0 saturated carbocycles. The van der Waals surface area contributed by atoms with Gasteiger partial charge in [0.05, 0.1) is 11.6 Å². The van der Waals surface area contributed by atoms with Crippen molar-refractivity contribution in [3.63, 3.8) is 0 Å². The van der Waals surface area contributed by atoms with Crippen LogP contribution in [-0.4, -0.2) is 17.3 Å². The minimum absolute atomic E-state index is 0.361. The van der Waals surface area contributed by atoms with Gasteiger partial charge in [0.25, 0.3) is 0 Å². The van der Waals surface area contributed by atoms with E-state index in [0.29, 0.717) is 11.5 Å². The zero-order valence-corrected chi connectivity index (χ0v) is 7.03. The van der Waals surface area contributed by atoms with E-state index in [2.05, 4.69) is 25.8 Å². The molecule has 0 radical (unpaired) electrons. The first-order valence-corrected chi connectivity index (χ1v) is 4.29. The zero-order valence-electron chi connectivity index (χ0n) is 6.22. The van der Waals surface area contributed by atoms with E-state index >= 15 is 0 Å². The van der Waals surface area contributed by atoms with Crippen molar-refractivity contribution in [3.8, 4) is 0 Å². The quantitative estimate of drug-likeness (QED) is 0.506. The molecule has 1 rings (SSSR count). The fourth-order valence-electron chi connectivity index (χ4n) is 0.767. The summed E-state index contributed by atoms with van der Waals surface area (Å²) in [5.41, 5.74) is 2.33. The Morgan fingerprint density at radius 3 is 2.44 bits per heavy atom. The molecule has 1 heterocycles. The summed E-state index contributed by atoms with van der Waals surface area (Å²) in [7, 11) is 0. The van der Waals surface area contributed by atoms with Gasteiger partial charge in [-0.15, -0.1) is 11.8 Å². The van der Waals surface area contributed by atoms with Crippen LogP contribution in [0.3, 0.4) is 0 Å². The molecule has 0 saturated heterocycles. The summed E-state index contributed by atoms with van der Waals surface area (Å²) in [6, 6.07) is 0.544. The third-order valence-corrected chi connectivity index (χ3v) is 2.35. The lowest BCUT2D eigenvalue weighted by Gasteiger charge is -2.23. The molecule has 0 unspecified atom stereocenters. The van der Waals surface area contributed by atoms with Crippen molar-refractivity contribution in [2.75, 3.05) is 5.75 Å². The van der Waals surface area contributed by atoms with Crippen LogP contribution in [0.1, 0.15) is 20.8 Å². The highest BCUT2D eigenvalue weighted by atomic mass is 32.2. The van der Waals surface area contributed by atoms with E-state index < -0.39 is 0 Å². The van der Waals surface area contributed by atoms with Crippen molar-refractivity contribution in [3.05, 3.63) is 0 Å². The molecule has 0 aromatic carbocycles. The van der Waals surface area contributed by atoms with Gasteiger partial charge in [0.1, 0.15) is 0 Å². The second kappa shape index (κ2) is 2.33. The van der Waals surface area contributed by atoms with Gasteiger partial charge in [-0.1, -0.05) is 20.8 Å². The number of nitrogens with zero attached hydrogens (tertiary/aromatic N) is 1. The van der Waals surface area contributed by atoms with E-state index in [-0.39, 0.29) is 0 Å². The van der Waals surface area contributed by atoms with Gasteiger partial charge in [-0.05, 0) is 5.41 Å². The molecular formula is C7H13NS. The van der Waals surface area contributed by atoms with E-state index in [9.17, 15) is 0 Å². The highest BCUT2D eigenvalue weighted by Crippen LogP contribution is 2.28. The van der Waals surface area contributed by atoms with Gasteiger partial charge in [0, 0.05) is 5.75 Å². The molecule has 1 atom stereocenters. The Kier molecular flexibility index (Phi) is 1.85. The molecule has 9 heavy (non-hydrogen) atoms. The Balaban J connectivity index is 2.53. The minimum Gasteiger partial charge on any atom is -0.282 e. The molecule has 0 aromatic rings. The van der Waals surface area contributed by atoms with Gasteiger partial charge in [0.15, 0.2) is 0 Å². The van der Waals surface area contributed by atoms with Gasteiger partial charge >= 0.3 is 0 Å². The Labute approximate surface area is 60.9 Å². The molecule has 1 aliphatic rings. The van der Waals surface area contributed by atoms with E-state index in [1.165, 1.54) is 5.75 Å². The Bertz CT molecular complexity index is 123. The van der Waals surface area contributed by atoms with Crippen LogP contribution < -0.4 is 0 Å². The summed E-state index contributed by atoms with van der Waals surface area (Å²) < 4.78 is 0. The summed E-state index contributed by atoms with van der Waals surface area (Å²) in [6.07, 6.45) is 0. The van der Waals surface area contributed by atoms with Crippen LogP contribution in [0, 0.1) is 5.41 Å². The molecule has 0 aliphatic carbocycles. The first-order valence-electron chi connectivity index (χ1n) is 3.24. The Morgan fingerprint density at radius 1 is 1.56 bits per heavy atom. The fraction of sp³-hybridized carbons (Fsp3) is 0.857. The van der Waals surface area contributed by atoms with Crippen LogP contribution in [-0.2, 0) is 0 Å². The van der Waals surface area contributed by atoms with Gasteiger partial charge in [-0.25, -0.2) is 0 Å². The molecule has 2 heteroatoms. The van der Waals surface area contributed by atoms with Crippen molar-refractivity contribution in [2.24, 2.45) is 10.4 Å². The van der Waals surface area contributed by atoms with Crippen molar-refractivity contribution in [1.82, 2.24) is 0 Å². The monoisotopic (exact) mass is 143 g/mol. The largest absolute Gasteiger partial charge is 0.282 e. The third kappa shape index (κ3) is 1.71. The molecule has 0 fully saturated rings. The summed E-state index contributed by atoms with van der Waals surface area (Å²) in [4.78, 5) is 4.34. The second-order valence-corrected chi connectivity index (χ2v) is 4.35. The highest BCUT2D eigenvalue weighted by Gasteiger charge is 2.25. The van der Waals surface area contributed by atoms with Crippen molar-refractivity contribution in [2.45, 2.75) is 26.8 Å². The molecule has 0 bridgehead atoms. The Morgan fingerprint density at radius 2 is 2.22 bits per heavy atom. The molecule has 52 valence electrons. The van der Waals surface area contributed by atoms with Crippen molar-refractivity contribution < 1.29 is 0 Å². The topological polar surface area (TPSA) is 12.4 Å². The summed E-state index contributed by atoms with van der Waals surface area (Å²) in [5, 5.41) is 0. The highest BCUT2D eigenvalue weighted by molar-refractivity contribution is 8.12. The summed E-state index contributed by atoms with van der Waals surface area (Å²) in [6.45, 7) is 6.71. The van der Waals surface area contributed by atoms with E-state index in [1.807, 2.05) is 17.3 Å². The smallest absolute Gasteiger partial charge is 0.0648 e. The van der Waals surface area contributed by atoms with Gasteiger partial charge in [0.2, 0.25) is 0 Å². The number of hydrogen-bond acceptors (Lipinski definition) is 2. The molecule has 0 amide bonds. The van der Waals surface area contributed by atoms with Gasteiger partial charge < -0.3 is 0 Å². The molecule has 1 nitrogen and oxygen atoms in total. The van der Waals surface area contributed by atoms with E-state index in [1.54, 1.807) is 0 Å². The second-order valence-electron chi connectivity index (χ2n) is 3.47. The maximum Gasteiger partial charge on any atom is 0.0648 e. The summed E-state index contributed by atoms with van der Waals surface area (Å²) >= 11 is 1.82. The van der Waals surface area contributed by atoms with Crippen LogP contribution in [0.2, 0.25) is 0 Å². The lowest BCUT2D eigenvalue weighted by molar-refractivity contribution is 0.349. The first-order chi connectivity index (χ1) is 4.11. The molecule has 1 aliphatic heterocycles. The van der Waals surface area contributed by atoms with Crippen LogP contribution >= 0.6 is 11.8 Å². The van der Waals surface area contributed by atoms with Crippen LogP contribution in [0.5, 0.6) is 0 Å². The normalized spacial score (nSPS) is 27.2. The van der Waals surface area contributed by atoms with E-state index in [4.69, 9.17) is 0 Å². The number of hydrogen-bond donors (Lipinski definition) is 0. The lowest BCUT2D eigenvalue weighted by Crippen LogP contribution is -2.24. The first kappa shape index (κ1) is 7.13. The Hall–Kier alpha value is 0.0200. The van der Waals surface area contributed by atoms with E-state index in [0.717, 1.165) is 0 Å². The van der Waals surface area contributed by atoms with Crippen molar-refractivity contribution >= 4 is 17.3 Å². The predicted molar refractivity (Wildman–Crippen MR) is 44.2 cm³/mol. The molecule has 0 N–H and O–H groups in total. The third-order valence-electron chi connectivity index (χ3n) is 1.57. The van der Waals surface area contributed by atoms with Crippen LogP contribution in [0.15, 0.2) is 4.99 Å². The number of rotatable bonds is 0. The molecule has 0 aromatic heterocycles. The minimum atomic E-state index is 0.361. The maximum absolute atomic E-state index is 4.34. The predicted octanol–water partition coefficient (Wildman–Crippen LogP) is 2.18. The maximum atomic E-state index is 4.34. The fourth-order valence-corrected chi connectivity index (χ4v) is 1.85. The van der Waals surface area contributed by atoms with Crippen LogP contribution in [0.25, 0.3) is 0 Å². The van der Waals surface area contributed by atoms with Gasteiger partial charge in [-0.2, -0.15) is 0 Å². The average Bonchev–Trinajstić information content (AvgIpc) is 2.08. The molecule has 0 spiro atoms. The van der Waals surface area contributed by atoms with Crippen molar-refractivity contribution in [1.29, 1.82) is 0 Å². The standard InChI is InChI=1S/C7H13NS/c1-7(2,3)6-4-9-5-8-6/h5-6H,4H2,1-3H3/t6-/m0/s1. The number of thioether (sulfide) groups is 1. The summed E-state index contributed by atoms with van der Waals surface area (Å²) in [5.74, 6) is 1.17. The average molecular weight is 143 g/mol. The SMILES string of the molecule is CC(C)(C)[C@@H]1CSC=N1.